The van der Waals surface area contributed by atoms with Crippen LogP contribution in [0.25, 0.3) is 0 Å². The van der Waals surface area contributed by atoms with Crippen LogP contribution in [0.5, 0.6) is 0 Å². The SMILES string of the molecule is N[C@@H](Cc1ccccc1)C(=O)OC(=O)[C@H](CC(=O)O)NC=O. The highest BCUT2D eigenvalue weighted by Gasteiger charge is 2.27. The number of aliphatic carboxylic acids is 1. The summed E-state index contributed by atoms with van der Waals surface area (Å²) in [5.41, 5.74) is 6.42. The summed E-state index contributed by atoms with van der Waals surface area (Å²) in [6.07, 6.45) is -0.375. The summed E-state index contributed by atoms with van der Waals surface area (Å²) < 4.78 is 4.51. The fraction of sp³-hybridized carbons (Fsp3) is 0.286. The lowest BCUT2D eigenvalue weighted by atomic mass is 10.1. The van der Waals surface area contributed by atoms with Crippen LogP contribution in [0.15, 0.2) is 30.3 Å². The van der Waals surface area contributed by atoms with Gasteiger partial charge in [0.25, 0.3) is 0 Å². The first kappa shape index (κ1) is 17.3. The van der Waals surface area contributed by atoms with E-state index in [9.17, 15) is 19.2 Å². The minimum absolute atomic E-state index is 0.156. The number of carbonyl (C=O) groups excluding carboxylic acids is 3. The summed E-state index contributed by atoms with van der Waals surface area (Å²) in [5, 5.41) is 10.6. The van der Waals surface area contributed by atoms with E-state index in [4.69, 9.17) is 10.8 Å². The van der Waals surface area contributed by atoms with Gasteiger partial charge in [0, 0.05) is 0 Å². The molecule has 0 fully saturated rings. The highest BCUT2D eigenvalue weighted by molar-refractivity contribution is 5.93. The molecule has 1 amide bonds. The Morgan fingerprint density at radius 1 is 1.23 bits per heavy atom. The van der Waals surface area contributed by atoms with Crippen LogP contribution in [0.2, 0.25) is 0 Å². The van der Waals surface area contributed by atoms with Crippen LogP contribution in [0, 0.1) is 0 Å². The van der Waals surface area contributed by atoms with Crippen molar-refractivity contribution in [3.8, 4) is 0 Å². The maximum atomic E-state index is 11.7. The fourth-order valence-corrected chi connectivity index (χ4v) is 1.66. The first-order chi connectivity index (χ1) is 10.4. The molecule has 0 saturated carbocycles. The lowest BCUT2D eigenvalue weighted by molar-refractivity contribution is -0.164. The molecule has 2 atom stereocenters. The highest BCUT2D eigenvalue weighted by Crippen LogP contribution is 2.04. The molecule has 1 rings (SSSR count). The van der Waals surface area contributed by atoms with E-state index in [2.05, 4.69) is 4.74 Å². The Labute approximate surface area is 126 Å². The van der Waals surface area contributed by atoms with Gasteiger partial charge >= 0.3 is 17.9 Å². The summed E-state index contributed by atoms with van der Waals surface area (Å²) in [6.45, 7) is 0. The summed E-state index contributed by atoms with van der Waals surface area (Å²) in [4.78, 5) is 44.3. The van der Waals surface area contributed by atoms with Crippen LogP contribution in [0.4, 0.5) is 0 Å². The number of nitrogens with one attached hydrogen (secondary N) is 1. The second-order valence-corrected chi connectivity index (χ2v) is 4.47. The van der Waals surface area contributed by atoms with Gasteiger partial charge in [-0.1, -0.05) is 30.3 Å². The number of amides is 1. The molecular formula is C14H16N2O6. The van der Waals surface area contributed by atoms with Crippen LogP contribution < -0.4 is 11.1 Å². The van der Waals surface area contributed by atoms with E-state index in [1.54, 1.807) is 30.3 Å². The van der Waals surface area contributed by atoms with Gasteiger partial charge in [-0.25, -0.2) is 9.59 Å². The van der Waals surface area contributed by atoms with E-state index in [1.807, 2.05) is 5.32 Å². The molecule has 0 saturated heterocycles. The fourth-order valence-electron chi connectivity index (χ4n) is 1.66. The smallest absolute Gasteiger partial charge is 0.336 e. The van der Waals surface area contributed by atoms with E-state index in [-0.39, 0.29) is 12.8 Å². The number of ether oxygens (including phenoxy) is 1. The maximum Gasteiger partial charge on any atom is 0.336 e. The standard InChI is InChI=1S/C14H16N2O6/c15-10(6-9-4-2-1-3-5-9)13(20)22-14(21)11(16-8-17)7-12(18)19/h1-5,8,10-11H,6-7,15H2,(H,16,17)(H,18,19)/t10-,11-/m0/s1. The van der Waals surface area contributed by atoms with Crippen molar-refractivity contribution in [2.45, 2.75) is 24.9 Å². The summed E-state index contributed by atoms with van der Waals surface area (Å²) in [7, 11) is 0. The van der Waals surface area contributed by atoms with E-state index in [0.29, 0.717) is 0 Å². The Balaban J connectivity index is 2.59. The molecule has 8 nitrogen and oxygen atoms in total. The van der Waals surface area contributed by atoms with Crippen molar-refractivity contribution in [1.82, 2.24) is 5.32 Å². The van der Waals surface area contributed by atoms with Crippen LogP contribution >= 0.6 is 0 Å². The van der Waals surface area contributed by atoms with Crippen molar-refractivity contribution >= 4 is 24.3 Å². The first-order valence-electron chi connectivity index (χ1n) is 6.40. The second-order valence-electron chi connectivity index (χ2n) is 4.47. The Hall–Kier alpha value is -2.74. The quantitative estimate of drug-likeness (QED) is 0.325. The molecule has 4 N–H and O–H groups in total. The number of carboxylic acids is 1. The molecule has 0 spiro atoms. The van der Waals surface area contributed by atoms with Gasteiger partial charge in [0.15, 0.2) is 0 Å². The van der Waals surface area contributed by atoms with Gasteiger partial charge in [-0.15, -0.1) is 0 Å². The predicted octanol–water partition coefficient (Wildman–Crippen LogP) is -0.784. The minimum atomic E-state index is -1.44. The Bertz CT molecular complexity index is 546. The summed E-state index contributed by atoms with van der Waals surface area (Å²) in [6, 6.07) is 6.35. The van der Waals surface area contributed by atoms with Crippen molar-refractivity contribution in [2.24, 2.45) is 5.73 Å². The number of nitrogens with two attached hydrogens (primary N) is 1. The van der Waals surface area contributed by atoms with Gasteiger partial charge in [0.2, 0.25) is 6.41 Å². The van der Waals surface area contributed by atoms with Crippen LogP contribution in [0.1, 0.15) is 12.0 Å². The van der Waals surface area contributed by atoms with Crippen molar-refractivity contribution in [1.29, 1.82) is 0 Å². The van der Waals surface area contributed by atoms with Gasteiger partial charge in [-0.2, -0.15) is 0 Å². The molecule has 0 aromatic heterocycles. The Morgan fingerprint density at radius 2 is 1.86 bits per heavy atom. The van der Waals surface area contributed by atoms with Crippen molar-refractivity contribution in [2.75, 3.05) is 0 Å². The zero-order chi connectivity index (χ0) is 16.5. The third-order valence-electron chi connectivity index (χ3n) is 2.73. The largest absolute Gasteiger partial charge is 0.481 e. The zero-order valence-electron chi connectivity index (χ0n) is 11.6. The van der Waals surface area contributed by atoms with Gasteiger partial charge in [0.05, 0.1) is 6.42 Å². The molecule has 0 radical (unpaired) electrons. The van der Waals surface area contributed by atoms with Crippen LogP contribution in [0.3, 0.4) is 0 Å². The van der Waals surface area contributed by atoms with Crippen molar-refractivity contribution < 1.29 is 29.0 Å². The van der Waals surface area contributed by atoms with Crippen LogP contribution in [-0.2, 0) is 30.3 Å². The number of esters is 2. The van der Waals surface area contributed by atoms with E-state index < -0.39 is 36.4 Å². The monoisotopic (exact) mass is 308 g/mol. The third-order valence-corrected chi connectivity index (χ3v) is 2.73. The second kappa shape index (κ2) is 8.53. The topological polar surface area (TPSA) is 136 Å². The number of hydrogen-bond acceptors (Lipinski definition) is 6. The number of rotatable bonds is 8. The summed E-state index contributed by atoms with van der Waals surface area (Å²) >= 11 is 0. The number of benzene rings is 1. The zero-order valence-corrected chi connectivity index (χ0v) is 11.6. The van der Waals surface area contributed by atoms with Crippen molar-refractivity contribution in [3.63, 3.8) is 0 Å². The summed E-state index contributed by atoms with van der Waals surface area (Å²) in [5.74, 6) is -3.47. The van der Waals surface area contributed by atoms with Gasteiger partial charge in [-0.05, 0) is 12.0 Å². The highest BCUT2D eigenvalue weighted by atomic mass is 16.6. The minimum Gasteiger partial charge on any atom is -0.481 e. The Kier molecular flexibility index (Phi) is 6.71. The third kappa shape index (κ3) is 5.71. The van der Waals surface area contributed by atoms with E-state index in [1.165, 1.54) is 0 Å². The molecule has 0 aliphatic carbocycles. The molecule has 0 unspecified atom stereocenters. The Morgan fingerprint density at radius 3 is 2.41 bits per heavy atom. The molecule has 118 valence electrons. The lowest BCUT2D eigenvalue weighted by Gasteiger charge is -2.14. The molecule has 1 aromatic carbocycles. The average Bonchev–Trinajstić information content (AvgIpc) is 2.47. The average molecular weight is 308 g/mol. The van der Waals surface area contributed by atoms with Crippen molar-refractivity contribution in [3.05, 3.63) is 35.9 Å². The number of carboxylic acid groups (broad SMARTS) is 1. The maximum absolute atomic E-state index is 11.7. The van der Waals surface area contributed by atoms with Crippen LogP contribution in [-0.4, -0.2) is 41.5 Å². The molecule has 1 aromatic rings. The number of carbonyl (C=O) groups is 4. The lowest BCUT2D eigenvalue weighted by Crippen LogP contribution is -2.43. The van der Waals surface area contributed by atoms with Gasteiger partial charge < -0.3 is 20.9 Å². The first-order valence-corrected chi connectivity index (χ1v) is 6.40. The van der Waals surface area contributed by atoms with Gasteiger partial charge in [0.1, 0.15) is 12.1 Å². The van der Waals surface area contributed by atoms with E-state index in [0.717, 1.165) is 5.56 Å². The van der Waals surface area contributed by atoms with Gasteiger partial charge in [-0.3, -0.25) is 9.59 Å². The molecule has 8 heteroatoms. The molecule has 0 aliphatic heterocycles. The predicted molar refractivity (Wildman–Crippen MR) is 74.5 cm³/mol. The van der Waals surface area contributed by atoms with E-state index >= 15 is 0 Å². The molecule has 22 heavy (non-hydrogen) atoms. The molecular weight excluding hydrogens is 292 g/mol. The molecule has 0 heterocycles. The molecule has 0 aliphatic rings. The number of hydrogen-bond donors (Lipinski definition) is 3. The normalized spacial score (nSPS) is 12.8. The molecule has 0 bridgehead atoms.